The minimum absolute atomic E-state index is 0.0310. The summed E-state index contributed by atoms with van der Waals surface area (Å²) in [5, 5.41) is 23.8. The van der Waals surface area contributed by atoms with Gasteiger partial charge in [-0.05, 0) is 151 Å². The Morgan fingerprint density at radius 1 is 0.415 bits per heavy atom. The minimum atomic E-state index is -1.06. The highest BCUT2D eigenvalue weighted by atomic mass is 16.6. The van der Waals surface area contributed by atoms with E-state index in [1.807, 2.05) is 146 Å². The molecule has 6 unspecified atom stereocenters. The first-order valence-electron chi connectivity index (χ1n) is 35.2. The van der Waals surface area contributed by atoms with E-state index in [0.29, 0.717) is 42.3 Å². The third-order valence-corrected chi connectivity index (χ3v) is 19.4. The number of nitrogens with one attached hydrogen (secondary N) is 1. The molecule has 0 aromatic heterocycles. The van der Waals surface area contributed by atoms with Crippen LogP contribution in [0.3, 0.4) is 0 Å². The van der Waals surface area contributed by atoms with Crippen molar-refractivity contribution in [2.45, 2.75) is 81.7 Å². The summed E-state index contributed by atoms with van der Waals surface area (Å²) in [4.78, 5) is 76.0. The van der Waals surface area contributed by atoms with Gasteiger partial charge in [-0.3, -0.25) is 4.79 Å². The number of benzene rings is 8. The molecule has 8 aromatic rings. The van der Waals surface area contributed by atoms with Crippen LogP contribution in [-0.4, -0.2) is 130 Å². The third kappa shape index (κ3) is 17.5. The second-order valence-electron chi connectivity index (χ2n) is 27.8. The fourth-order valence-electron chi connectivity index (χ4n) is 15.4. The number of carbonyl (C=O) groups is 6. The maximum atomic E-state index is 14.1. The van der Waals surface area contributed by atoms with Crippen LogP contribution in [0.4, 0.5) is 4.79 Å². The summed E-state index contributed by atoms with van der Waals surface area (Å²) >= 11 is 0. The lowest BCUT2D eigenvalue weighted by atomic mass is 9.60. The summed E-state index contributed by atoms with van der Waals surface area (Å²) in [6.45, 7) is 18.6. The van der Waals surface area contributed by atoms with Crippen molar-refractivity contribution < 1.29 is 86.3 Å². The predicted molar refractivity (Wildman–Crippen MR) is 398 cm³/mol. The number of rotatable bonds is 34. The third-order valence-electron chi connectivity index (χ3n) is 19.4. The number of amides is 1. The maximum Gasteiger partial charge on any atom is 0.407 e. The monoisotopic (exact) mass is 1430 g/mol. The molecule has 3 N–H and O–H groups in total. The van der Waals surface area contributed by atoms with Gasteiger partial charge in [0.15, 0.2) is 12.2 Å². The van der Waals surface area contributed by atoms with Crippen molar-refractivity contribution in [3.8, 4) is 45.3 Å². The Hall–Kier alpha value is -11.5. The Labute approximate surface area is 617 Å². The predicted octanol–water partition coefficient (Wildman–Crippen LogP) is 13.5. The normalized spacial score (nSPS) is 17.0. The first kappa shape index (κ1) is 75.6. The summed E-state index contributed by atoms with van der Waals surface area (Å²) in [5.74, 6) is -1.44. The number of aliphatic hydroxyl groups is 2. The van der Waals surface area contributed by atoms with Crippen LogP contribution in [0.1, 0.15) is 91.0 Å². The number of hydrogen-bond donors (Lipinski definition) is 3. The minimum Gasteiger partial charge on any atom is -0.491 e. The molecule has 0 saturated heterocycles. The highest BCUT2D eigenvalue weighted by molar-refractivity contribution is 5.88. The van der Waals surface area contributed by atoms with Crippen LogP contribution in [0.2, 0.25) is 0 Å². The SMILES string of the molecule is C=CC(=O)OCC(O)COc1ccc(C2(c3ccc(OCC(COC(=O)C=C)OC(=O)CC4CC(C)(C)CC(C)(CNC(=O)OC(COC(=O)C=C)COc5ccc(C6(c7ccc(OCC(O)COC(=O)C=C)cc7)c7ccccc7-c7ccccc76)cc5)C4)cc3)c3ccccc3-c3ccccc32)cc1. The smallest absolute Gasteiger partial charge is 0.407 e. The molecular formula is C87H87NO18. The van der Waals surface area contributed by atoms with E-state index in [4.69, 9.17) is 47.4 Å². The van der Waals surface area contributed by atoms with Crippen LogP contribution in [-0.2, 0) is 63.2 Å². The van der Waals surface area contributed by atoms with Gasteiger partial charge >= 0.3 is 35.9 Å². The fourth-order valence-corrected chi connectivity index (χ4v) is 15.4. The second kappa shape index (κ2) is 33.9. The second-order valence-corrected chi connectivity index (χ2v) is 27.8. The summed E-state index contributed by atoms with van der Waals surface area (Å²) in [6, 6.07) is 63.8. The molecule has 0 heterocycles. The van der Waals surface area contributed by atoms with Gasteiger partial charge in [-0.1, -0.05) is 193 Å². The number of carbonyl (C=O) groups excluding carboxylic acids is 6. The van der Waals surface area contributed by atoms with Crippen molar-refractivity contribution in [2.75, 3.05) is 59.4 Å². The summed E-state index contributed by atoms with van der Waals surface area (Å²) in [5.41, 5.74) is 10.0. The molecule has 1 fully saturated rings. The van der Waals surface area contributed by atoms with E-state index < -0.39 is 76.6 Å². The molecule has 1 amide bonds. The van der Waals surface area contributed by atoms with Crippen LogP contribution in [0.25, 0.3) is 22.3 Å². The summed E-state index contributed by atoms with van der Waals surface area (Å²) < 4.78 is 57.3. The van der Waals surface area contributed by atoms with Gasteiger partial charge in [0.25, 0.3) is 0 Å². The van der Waals surface area contributed by atoms with Crippen molar-refractivity contribution in [2.24, 2.45) is 16.7 Å². The van der Waals surface area contributed by atoms with Crippen molar-refractivity contribution in [3.63, 3.8) is 0 Å². The highest BCUT2D eigenvalue weighted by Crippen LogP contribution is 2.58. The standard InChI is InChI=1S/C87H87NO18/c1-8-78(91)101-49-62(89)47-97-64-36-28-58(29-37-64)86(74-24-16-12-20-70(74)71-21-13-17-25-75(71)86)60-32-40-66(41-33-60)99-51-68(53-103-80(93)10-3)105-82(95)44-57-45-84(5,6)55-85(7,46-57)56-88-83(96)106-69(54-104-81(94)11-4)52-100-67-42-34-61(35-43-67)87(76-26-18-14-22-72(76)73-23-15-19-27-77(73)87)59-30-38-65(39-31-59)98-48-63(90)50-102-79(92)9-2/h8-43,57,62-63,68-69,89-90H,1-4,44-56H2,5-7H3,(H,88,96). The number of esters is 5. The van der Waals surface area contributed by atoms with E-state index in [1.165, 1.54) is 0 Å². The molecule has 548 valence electrons. The first-order chi connectivity index (χ1) is 51.2. The van der Waals surface area contributed by atoms with Crippen LogP contribution in [0, 0.1) is 16.7 Å². The average Bonchev–Trinajstić information content (AvgIpc) is 1.54. The van der Waals surface area contributed by atoms with Crippen LogP contribution in [0.5, 0.6) is 23.0 Å². The largest absolute Gasteiger partial charge is 0.491 e. The van der Waals surface area contributed by atoms with Gasteiger partial charge < -0.3 is 62.9 Å². The van der Waals surface area contributed by atoms with Crippen molar-refractivity contribution in [3.05, 3.63) is 289 Å². The molecule has 0 bridgehead atoms. The molecule has 19 nitrogen and oxygen atoms in total. The number of ether oxygens (including phenoxy) is 10. The number of alkyl carbamates (subject to hydrolysis) is 1. The van der Waals surface area contributed by atoms with Gasteiger partial charge in [-0.15, -0.1) is 0 Å². The van der Waals surface area contributed by atoms with E-state index in [1.54, 1.807) is 0 Å². The molecule has 0 aliphatic heterocycles. The van der Waals surface area contributed by atoms with Gasteiger partial charge in [0, 0.05) is 37.3 Å². The van der Waals surface area contributed by atoms with Crippen LogP contribution >= 0.6 is 0 Å². The number of fused-ring (bicyclic) bond motifs is 6. The van der Waals surface area contributed by atoms with E-state index in [2.05, 4.69) is 101 Å². The van der Waals surface area contributed by atoms with Crippen LogP contribution in [0.15, 0.2) is 245 Å². The quantitative estimate of drug-likeness (QED) is 0.0193. The van der Waals surface area contributed by atoms with Crippen molar-refractivity contribution in [1.82, 2.24) is 5.32 Å². The molecule has 1 saturated carbocycles. The summed E-state index contributed by atoms with van der Waals surface area (Å²) in [7, 11) is 0. The van der Waals surface area contributed by atoms with E-state index >= 15 is 0 Å². The molecule has 3 aliphatic rings. The molecule has 0 radical (unpaired) electrons. The maximum absolute atomic E-state index is 14.1. The zero-order valence-corrected chi connectivity index (χ0v) is 59.6. The zero-order chi connectivity index (χ0) is 75.0. The topological polar surface area (TPSA) is 247 Å². The molecule has 8 aromatic carbocycles. The Morgan fingerprint density at radius 3 is 1.07 bits per heavy atom. The van der Waals surface area contributed by atoms with E-state index in [-0.39, 0.29) is 77.2 Å². The number of hydrogen-bond acceptors (Lipinski definition) is 18. The number of aliphatic hydroxyl groups excluding tert-OH is 2. The zero-order valence-electron chi connectivity index (χ0n) is 59.6. The van der Waals surface area contributed by atoms with Crippen molar-refractivity contribution >= 4 is 35.9 Å². The molecule has 6 atom stereocenters. The van der Waals surface area contributed by atoms with Crippen LogP contribution < -0.4 is 24.3 Å². The van der Waals surface area contributed by atoms with Crippen molar-refractivity contribution in [1.29, 1.82) is 0 Å². The van der Waals surface area contributed by atoms with Gasteiger partial charge in [0.2, 0.25) is 0 Å². The van der Waals surface area contributed by atoms with Gasteiger partial charge in [-0.2, -0.15) is 0 Å². The Balaban J connectivity index is 0.726. The molecule has 11 rings (SSSR count). The molecule has 0 spiro atoms. The molecular weight excluding hydrogens is 1350 g/mol. The Bertz CT molecular complexity index is 4400. The lowest BCUT2D eigenvalue weighted by Crippen LogP contribution is -2.45. The summed E-state index contributed by atoms with van der Waals surface area (Å²) in [6.07, 6.45) is 1.14. The van der Waals surface area contributed by atoms with Gasteiger partial charge in [0.05, 0.1) is 10.8 Å². The highest BCUT2D eigenvalue weighted by Gasteiger charge is 2.48. The lowest BCUT2D eigenvalue weighted by Gasteiger charge is -2.46. The molecule has 106 heavy (non-hydrogen) atoms. The van der Waals surface area contributed by atoms with Gasteiger partial charge in [-0.25, -0.2) is 24.0 Å². The lowest BCUT2D eigenvalue weighted by molar-refractivity contribution is -0.160. The van der Waals surface area contributed by atoms with Gasteiger partial charge in [0.1, 0.15) is 88.1 Å². The fraction of sp³-hybridized carbons (Fsp3) is 0.287. The Kier molecular flexibility index (Phi) is 24.2. The molecule has 3 aliphatic carbocycles. The van der Waals surface area contributed by atoms with E-state index in [9.17, 15) is 39.0 Å². The molecule has 19 heteroatoms. The average molecular weight is 1430 g/mol. The Morgan fingerprint density at radius 2 is 0.726 bits per heavy atom. The first-order valence-corrected chi connectivity index (χ1v) is 35.2. The van der Waals surface area contributed by atoms with E-state index in [0.717, 1.165) is 91.1 Å².